The minimum Gasteiger partial charge on any atom is -0.506 e. The van der Waals surface area contributed by atoms with Gasteiger partial charge in [0.1, 0.15) is 35.6 Å². The smallest absolute Gasteiger partial charge is 0.319 e. The first kappa shape index (κ1) is 30.9. The number of rotatable bonds is 7. The van der Waals surface area contributed by atoms with Gasteiger partial charge in [0.05, 0.1) is 58.6 Å². The molecule has 4 aromatic rings. The number of aromatic amines is 1. The van der Waals surface area contributed by atoms with Crippen molar-refractivity contribution in [3.8, 4) is 23.0 Å². The van der Waals surface area contributed by atoms with Crippen LogP contribution in [0.3, 0.4) is 0 Å². The fourth-order valence-electron chi connectivity index (χ4n) is 8.54. The van der Waals surface area contributed by atoms with Gasteiger partial charge in [0, 0.05) is 50.2 Å². The number of nitrogens with zero attached hydrogens (tertiary/aromatic N) is 6. The van der Waals surface area contributed by atoms with Gasteiger partial charge in [-0.3, -0.25) is 15.0 Å². The Kier molecular flexibility index (Phi) is 7.44. The summed E-state index contributed by atoms with van der Waals surface area (Å²) in [5, 5.41) is 29.6. The van der Waals surface area contributed by atoms with Crippen LogP contribution in [0.4, 0.5) is 14.6 Å². The number of H-pyrrole nitrogens is 1. The number of aliphatic hydroxyl groups is 1. The maximum atomic E-state index is 16.8. The normalized spacial score (nSPS) is 29.5. The lowest BCUT2D eigenvalue weighted by molar-refractivity contribution is -0.171. The molecular weight excluding hydrogens is 636 g/mol. The number of ether oxygens (including phenoxy) is 3. The molecule has 47 heavy (non-hydrogen) atoms. The van der Waals surface area contributed by atoms with Crippen LogP contribution in [0.25, 0.3) is 33.1 Å². The summed E-state index contributed by atoms with van der Waals surface area (Å²) in [6.45, 7) is 3.34. The molecule has 0 radical (unpaired) electrons. The van der Waals surface area contributed by atoms with Gasteiger partial charge in [0.25, 0.3) is 0 Å². The molecule has 0 amide bonds. The third-order valence-electron chi connectivity index (χ3n) is 10.3. The number of nitrogens with one attached hydrogen (secondary N) is 1. The van der Waals surface area contributed by atoms with Crippen LogP contribution in [0.2, 0.25) is 5.02 Å². The van der Waals surface area contributed by atoms with E-state index in [9.17, 15) is 14.6 Å². The fraction of sp³-hybridized carbons (Fsp3) is 0.562. The van der Waals surface area contributed by atoms with Crippen molar-refractivity contribution in [3.63, 3.8) is 0 Å². The number of phenols is 1. The Morgan fingerprint density at radius 3 is 2.87 bits per heavy atom. The van der Waals surface area contributed by atoms with Gasteiger partial charge in [-0.2, -0.15) is 15.1 Å². The van der Waals surface area contributed by atoms with Crippen LogP contribution in [0, 0.1) is 11.2 Å². The number of anilines is 1. The zero-order valence-electron chi connectivity index (χ0n) is 25.9. The second-order valence-corrected chi connectivity index (χ2v) is 14.2. The topological polar surface area (TPSA) is 142 Å². The van der Waals surface area contributed by atoms with Crippen molar-refractivity contribution in [1.82, 2.24) is 30.0 Å². The number of methoxy groups -OCH3 is 1. The first-order valence-corrected chi connectivity index (χ1v) is 16.3. The number of pyridine rings is 1. The summed E-state index contributed by atoms with van der Waals surface area (Å²) in [6, 6.07) is 1.47. The summed E-state index contributed by atoms with van der Waals surface area (Å²) >= 11 is 6.31. The summed E-state index contributed by atoms with van der Waals surface area (Å²) in [7, 11) is 1.56. The van der Waals surface area contributed by atoms with Gasteiger partial charge in [0.2, 0.25) is 0 Å². The van der Waals surface area contributed by atoms with Crippen molar-refractivity contribution >= 4 is 39.2 Å². The molecule has 1 saturated carbocycles. The molecule has 0 unspecified atom stereocenters. The van der Waals surface area contributed by atoms with Gasteiger partial charge in [-0.1, -0.05) is 11.6 Å². The molecule has 15 heteroatoms. The Labute approximate surface area is 274 Å². The minimum absolute atomic E-state index is 0.0114. The molecule has 0 bridgehead atoms. The predicted molar refractivity (Wildman–Crippen MR) is 169 cm³/mol. The van der Waals surface area contributed by atoms with Crippen LogP contribution in [-0.2, 0) is 9.47 Å². The number of halogens is 3. The maximum absolute atomic E-state index is 16.8. The lowest BCUT2D eigenvalue weighted by atomic mass is 9.59. The molecule has 1 aliphatic carbocycles. The molecule has 12 nitrogen and oxygen atoms in total. The Morgan fingerprint density at radius 1 is 1.19 bits per heavy atom. The Hall–Kier alpha value is -3.43. The molecule has 250 valence electrons. The summed E-state index contributed by atoms with van der Waals surface area (Å²) in [6.07, 6.45) is 5.08. The van der Waals surface area contributed by atoms with Crippen LogP contribution >= 0.6 is 11.6 Å². The van der Waals surface area contributed by atoms with Crippen molar-refractivity contribution in [2.24, 2.45) is 5.41 Å². The number of aromatic hydroxyl groups is 1. The largest absolute Gasteiger partial charge is 0.506 e. The third kappa shape index (κ3) is 5.16. The van der Waals surface area contributed by atoms with Crippen molar-refractivity contribution in [2.75, 3.05) is 64.6 Å². The number of hydrogen-bond donors (Lipinski definition) is 3. The molecule has 6 heterocycles. The molecule has 4 fully saturated rings. The number of alkyl halides is 1. The Morgan fingerprint density at radius 2 is 2.04 bits per heavy atom. The first-order chi connectivity index (χ1) is 22.6. The van der Waals surface area contributed by atoms with Crippen LogP contribution in [0.15, 0.2) is 18.5 Å². The van der Waals surface area contributed by atoms with Gasteiger partial charge in [-0.15, -0.1) is 0 Å². The molecule has 3 saturated heterocycles. The SMILES string of the molecule is COCC1(O)CC2(COCCN(c3nc(OC[C@@]45CCCN4C[C@H](F)C5)nc4c(F)c(-c5c(O)c(Cl)cc6[nH]ncc56)ncc34)C2)C1. The Balaban J connectivity index is 1.23. The van der Waals surface area contributed by atoms with E-state index >= 15 is 4.39 Å². The predicted octanol–water partition coefficient (Wildman–Crippen LogP) is 4.02. The fourth-order valence-corrected chi connectivity index (χ4v) is 8.74. The van der Waals surface area contributed by atoms with Crippen LogP contribution in [-0.4, -0.2) is 117 Å². The quantitative estimate of drug-likeness (QED) is 0.262. The summed E-state index contributed by atoms with van der Waals surface area (Å²) in [5.41, 5.74) is -1.39. The second-order valence-electron chi connectivity index (χ2n) is 13.8. The van der Waals surface area contributed by atoms with Gasteiger partial charge in [-0.25, -0.2) is 8.78 Å². The summed E-state index contributed by atoms with van der Waals surface area (Å²) in [4.78, 5) is 18.0. The van der Waals surface area contributed by atoms with Crippen LogP contribution in [0.1, 0.15) is 32.1 Å². The van der Waals surface area contributed by atoms with Crippen molar-refractivity contribution in [3.05, 3.63) is 29.3 Å². The van der Waals surface area contributed by atoms with Crippen molar-refractivity contribution in [2.45, 2.75) is 49.4 Å². The van der Waals surface area contributed by atoms with E-state index in [2.05, 4.69) is 25.1 Å². The van der Waals surface area contributed by atoms with E-state index < -0.39 is 23.1 Å². The molecule has 1 aromatic carbocycles. The van der Waals surface area contributed by atoms with E-state index in [1.807, 2.05) is 4.90 Å². The molecule has 2 atom stereocenters. The minimum atomic E-state index is -0.946. The molecule has 1 spiro atoms. The van der Waals surface area contributed by atoms with E-state index in [-0.39, 0.29) is 52.2 Å². The number of hydrogen-bond acceptors (Lipinski definition) is 11. The van der Waals surface area contributed by atoms with E-state index in [0.717, 1.165) is 19.4 Å². The average Bonchev–Trinajstić information content (AvgIpc) is 3.67. The van der Waals surface area contributed by atoms with Crippen LogP contribution in [0.5, 0.6) is 11.8 Å². The maximum Gasteiger partial charge on any atom is 0.319 e. The lowest BCUT2D eigenvalue weighted by Crippen LogP contribution is -2.59. The van der Waals surface area contributed by atoms with Gasteiger partial charge < -0.3 is 29.3 Å². The van der Waals surface area contributed by atoms with Crippen LogP contribution < -0.4 is 9.64 Å². The highest BCUT2D eigenvalue weighted by Crippen LogP contribution is 2.51. The first-order valence-electron chi connectivity index (χ1n) is 15.9. The highest BCUT2D eigenvalue weighted by atomic mass is 35.5. The van der Waals surface area contributed by atoms with Crippen molar-refractivity contribution in [1.29, 1.82) is 0 Å². The second kappa shape index (κ2) is 11.3. The van der Waals surface area contributed by atoms with Gasteiger partial charge in [-0.05, 0) is 38.3 Å². The van der Waals surface area contributed by atoms with E-state index in [0.29, 0.717) is 74.2 Å². The number of aromatic nitrogens is 5. The summed E-state index contributed by atoms with van der Waals surface area (Å²) < 4.78 is 48.8. The Bertz CT molecular complexity index is 1860. The van der Waals surface area contributed by atoms with Crippen molar-refractivity contribution < 1.29 is 33.2 Å². The van der Waals surface area contributed by atoms with E-state index in [1.54, 1.807) is 7.11 Å². The number of phenolic OH excluding ortho intramolecular Hbond substituents is 1. The molecule has 4 aliphatic rings. The third-order valence-corrected chi connectivity index (χ3v) is 10.6. The average molecular weight is 672 g/mol. The highest BCUT2D eigenvalue weighted by molar-refractivity contribution is 6.33. The molecule has 3 aromatic heterocycles. The molecule has 8 rings (SSSR count). The molecule has 3 aliphatic heterocycles. The summed E-state index contributed by atoms with van der Waals surface area (Å²) in [5.74, 6) is -0.714. The lowest BCUT2D eigenvalue weighted by Gasteiger charge is -2.53. The van der Waals surface area contributed by atoms with Gasteiger partial charge in [0.15, 0.2) is 5.82 Å². The highest BCUT2D eigenvalue weighted by Gasteiger charge is 2.55. The molecular formula is C32H36ClF2N7O5. The van der Waals surface area contributed by atoms with E-state index in [4.69, 9.17) is 30.8 Å². The molecule has 3 N–H and O–H groups in total. The number of fused-ring (bicyclic) bond motifs is 3. The van der Waals surface area contributed by atoms with E-state index in [1.165, 1.54) is 18.5 Å². The zero-order chi connectivity index (χ0) is 32.6. The monoisotopic (exact) mass is 671 g/mol. The standard InChI is InChI=1S/C32H36ClF2N7O5/c1-45-17-32(44)12-30(13-32)14-41(5-6-46-15-30)28-20-9-36-26(23-19-10-37-40-22(19)7-21(33)27(23)43)24(35)25(20)38-29(39-28)47-16-31-3-2-4-42(31)11-18(34)8-31/h7,9-10,18,43-44H,2-6,8,11-17H2,1H3,(H,37,40)/t18-,30?,31+,32?/m1/s1. The number of benzene rings is 1. The van der Waals surface area contributed by atoms with Gasteiger partial charge >= 0.3 is 6.01 Å². The zero-order valence-corrected chi connectivity index (χ0v) is 26.7.